The van der Waals surface area contributed by atoms with Gasteiger partial charge in [0.2, 0.25) is 0 Å². The zero-order chi connectivity index (χ0) is 55.7. The van der Waals surface area contributed by atoms with E-state index in [2.05, 4.69) is 179 Å². The highest BCUT2D eigenvalue weighted by Crippen LogP contribution is 2.14. The van der Waals surface area contributed by atoms with Gasteiger partial charge in [-0.15, -0.1) is 0 Å². The van der Waals surface area contributed by atoms with E-state index in [1.165, 1.54) is 32.1 Å². The molecule has 6 nitrogen and oxygen atoms in total. The lowest BCUT2D eigenvalue weighted by Crippen LogP contribution is -2.30. The third-order valence-corrected chi connectivity index (χ3v) is 12.5. The average Bonchev–Trinajstić information content (AvgIpc) is 3.43. The minimum Gasteiger partial charge on any atom is -0.462 e. The Hall–Kier alpha value is -4.97. The summed E-state index contributed by atoms with van der Waals surface area (Å²) in [6.45, 7) is 6.29. The van der Waals surface area contributed by atoms with Gasteiger partial charge in [0, 0.05) is 19.3 Å². The molecule has 0 aliphatic carbocycles. The van der Waals surface area contributed by atoms with Crippen molar-refractivity contribution in [3.8, 4) is 0 Å². The van der Waals surface area contributed by atoms with Crippen LogP contribution in [-0.2, 0) is 28.6 Å². The minimum atomic E-state index is -0.795. The first-order valence-electron chi connectivity index (χ1n) is 31.0. The lowest BCUT2D eigenvalue weighted by molar-refractivity contribution is -0.167. The van der Waals surface area contributed by atoms with Crippen LogP contribution in [0.15, 0.2) is 158 Å². The van der Waals surface area contributed by atoms with Gasteiger partial charge in [0.25, 0.3) is 0 Å². The van der Waals surface area contributed by atoms with Crippen LogP contribution in [0.1, 0.15) is 252 Å². The van der Waals surface area contributed by atoms with E-state index in [1.807, 2.05) is 0 Å². The Morgan fingerprint density at radius 2 is 0.506 bits per heavy atom. The Kier molecular flexibility index (Phi) is 59.5. The molecule has 1 unspecified atom stereocenters. The molecule has 0 heterocycles. The topological polar surface area (TPSA) is 78.9 Å². The molecule has 0 radical (unpaired) electrons. The maximum atomic E-state index is 12.8. The molecule has 0 aromatic carbocycles. The number of unbranched alkanes of at least 4 members (excludes halogenated alkanes) is 17. The minimum absolute atomic E-state index is 0.0939. The normalized spacial score (nSPS) is 13.2. The first-order valence-corrected chi connectivity index (χ1v) is 31.0. The molecule has 0 rings (SSSR count). The van der Waals surface area contributed by atoms with Crippen LogP contribution >= 0.6 is 0 Å². The van der Waals surface area contributed by atoms with Gasteiger partial charge in [-0.2, -0.15) is 0 Å². The number of allylic oxidation sites excluding steroid dienone is 26. The molecule has 1 atom stereocenters. The number of hydrogen-bond donors (Lipinski definition) is 0. The van der Waals surface area contributed by atoms with E-state index in [4.69, 9.17) is 14.2 Å². The quantitative estimate of drug-likeness (QED) is 0.0261. The molecule has 0 aromatic heterocycles. The summed E-state index contributed by atoms with van der Waals surface area (Å²) in [5.41, 5.74) is 0. The molecular formula is C71H112O6. The largest absolute Gasteiger partial charge is 0.462 e. The Morgan fingerprint density at radius 3 is 0.792 bits per heavy atom. The smallest absolute Gasteiger partial charge is 0.306 e. The summed E-state index contributed by atoms with van der Waals surface area (Å²) in [5.74, 6) is -0.940. The summed E-state index contributed by atoms with van der Waals surface area (Å²) in [6.07, 6.45) is 92.8. The fourth-order valence-corrected chi connectivity index (χ4v) is 7.95. The Morgan fingerprint density at radius 1 is 0.273 bits per heavy atom. The average molecular weight is 1060 g/mol. The van der Waals surface area contributed by atoms with Crippen molar-refractivity contribution in [1.82, 2.24) is 0 Å². The molecule has 77 heavy (non-hydrogen) atoms. The Balaban J connectivity index is 4.17. The first-order chi connectivity index (χ1) is 38.0. The zero-order valence-corrected chi connectivity index (χ0v) is 49.4. The Bertz CT molecular complexity index is 1740. The third kappa shape index (κ3) is 61.8. The molecule has 0 bridgehead atoms. The van der Waals surface area contributed by atoms with Crippen molar-refractivity contribution in [3.63, 3.8) is 0 Å². The predicted octanol–water partition coefficient (Wildman–Crippen LogP) is 21.3. The van der Waals surface area contributed by atoms with Gasteiger partial charge in [-0.05, 0) is 128 Å². The van der Waals surface area contributed by atoms with E-state index in [-0.39, 0.29) is 31.1 Å². The summed E-state index contributed by atoms with van der Waals surface area (Å²) >= 11 is 0. The highest BCUT2D eigenvalue weighted by Gasteiger charge is 2.19. The standard InChI is InChI=1S/C71H112O6/c1-4-7-10-13-15-17-19-21-23-25-27-29-31-32-33-34-35-36-37-38-40-41-43-45-47-49-51-53-55-58-61-64-70(73)76-67-68(66-75-69(72)63-60-57-12-9-6-3)77-71(74)65-62-59-56-54-52-50-48-46-44-42-39-30-28-26-24-22-20-18-16-14-11-8-5-2/h7-8,10-11,15-18,21-24,27-30,32-33,35-36,38,40,42-45,68H,4-6,9,12-14,19-20,25-26,31,34,37,39,41,46-67H2,1-3H3/b10-7-,11-8-,17-15-,18-16-,23-21-,24-22-,29-27-,30-28-,33-32-,36-35-,40-38-,44-42-,45-43-. The fourth-order valence-electron chi connectivity index (χ4n) is 7.95. The summed E-state index contributed by atoms with van der Waals surface area (Å²) in [5, 5.41) is 0. The second-order valence-electron chi connectivity index (χ2n) is 19.9. The molecule has 0 saturated heterocycles. The van der Waals surface area contributed by atoms with Crippen molar-refractivity contribution in [2.75, 3.05) is 13.2 Å². The molecule has 432 valence electrons. The number of rotatable bonds is 54. The molecule has 0 N–H and O–H groups in total. The predicted molar refractivity (Wildman–Crippen MR) is 334 cm³/mol. The van der Waals surface area contributed by atoms with E-state index in [1.54, 1.807) is 0 Å². The maximum absolute atomic E-state index is 12.8. The van der Waals surface area contributed by atoms with Crippen LogP contribution < -0.4 is 0 Å². The summed E-state index contributed by atoms with van der Waals surface area (Å²) in [4.78, 5) is 37.9. The van der Waals surface area contributed by atoms with Crippen molar-refractivity contribution in [1.29, 1.82) is 0 Å². The maximum Gasteiger partial charge on any atom is 0.306 e. The van der Waals surface area contributed by atoms with E-state index in [0.717, 1.165) is 180 Å². The number of ether oxygens (including phenoxy) is 3. The lowest BCUT2D eigenvalue weighted by atomic mass is 10.1. The lowest BCUT2D eigenvalue weighted by Gasteiger charge is -2.18. The Labute approximate surface area is 473 Å². The van der Waals surface area contributed by atoms with Crippen LogP contribution in [0.25, 0.3) is 0 Å². The zero-order valence-electron chi connectivity index (χ0n) is 49.4. The molecule has 6 heteroatoms. The van der Waals surface area contributed by atoms with Gasteiger partial charge in [-0.3, -0.25) is 14.4 Å². The van der Waals surface area contributed by atoms with Gasteiger partial charge >= 0.3 is 17.9 Å². The highest BCUT2D eigenvalue weighted by molar-refractivity contribution is 5.71. The van der Waals surface area contributed by atoms with Gasteiger partial charge < -0.3 is 14.2 Å². The van der Waals surface area contributed by atoms with Crippen LogP contribution in [0, 0.1) is 0 Å². The molecule has 0 spiro atoms. The number of esters is 3. The second-order valence-corrected chi connectivity index (χ2v) is 19.9. The van der Waals surface area contributed by atoms with Gasteiger partial charge in [0.05, 0.1) is 0 Å². The molecule has 0 saturated carbocycles. The summed E-state index contributed by atoms with van der Waals surface area (Å²) in [7, 11) is 0. The number of hydrogen-bond acceptors (Lipinski definition) is 6. The van der Waals surface area contributed by atoms with Crippen molar-refractivity contribution in [2.24, 2.45) is 0 Å². The van der Waals surface area contributed by atoms with Crippen molar-refractivity contribution >= 4 is 17.9 Å². The summed E-state index contributed by atoms with van der Waals surface area (Å²) < 4.78 is 16.7. The monoisotopic (exact) mass is 1060 g/mol. The molecule has 0 aliphatic rings. The van der Waals surface area contributed by atoms with Crippen LogP contribution in [0.4, 0.5) is 0 Å². The third-order valence-electron chi connectivity index (χ3n) is 12.5. The van der Waals surface area contributed by atoms with E-state index in [9.17, 15) is 14.4 Å². The molecule has 0 fully saturated rings. The van der Waals surface area contributed by atoms with Crippen LogP contribution in [0.3, 0.4) is 0 Å². The van der Waals surface area contributed by atoms with Crippen molar-refractivity contribution in [2.45, 2.75) is 258 Å². The van der Waals surface area contributed by atoms with Crippen LogP contribution in [0.2, 0.25) is 0 Å². The first kappa shape index (κ1) is 72.0. The number of carbonyl (C=O) groups excluding carboxylic acids is 3. The number of carbonyl (C=O) groups is 3. The second kappa shape index (κ2) is 63.6. The van der Waals surface area contributed by atoms with Crippen molar-refractivity contribution in [3.05, 3.63) is 158 Å². The molecule has 0 aromatic rings. The van der Waals surface area contributed by atoms with E-state index >= 15 is 0 Å². The van der Waals surface area contributed by atoms with Crippen molar-refractivity contribution < 1.29 is 28.6 Å². The SMILES string of the molecule is CC/C=C\C/C=C\C/C=C\C/C=C\C/C=C\C/C=C\C/C=C\C/C=C\CCCCCCCCC(=O)OCC(COC(=O)CCCCCCC)OC(=O)CCCCCCCCC/C=C\C/C=C\C/C=C\C/C=C\C/C=C\CC. The highest BCUT2D eigenvalue weighted by atomic mass is 16.6. The molecule has 0 aliphatic heterocycles. The van der Waals surface area contributed by atoms with E-state index in [0.29, 0.717) is 19.3 Å². The van der Waals surface area contributed by atoms with Gasteiger partial charge in [0.1, 0.15) is 13.2 Å². The van der Waals surface area contributed by atoms with Gasteiger partial charge in [0.15, 0.2) is 6.10 Å². The van der Waals surface area contributed by atoms with E-state index < -0.39 is 6.10 Å². The molecular weight excluding hydrogens is 949 g/mol. The van der Waals surface area contributed by atoms with Gasteiger partial charge in [-0.1, -0.05) is 262 Å². The molecule has 0 amide bonds. The van der Waals surface area contributed by atoms with Crippen LogP contribution in [0.5, 0.6) is 0 Å². The van der Waals surface area contributed by atoms with Gasteiger partial charge in [-0.25, -0.2) is 0 Å². The van der Waals surface area contributed by atoms with Crippen LogP contribution in [-0.4, -0.2) is 37.2 Å². The summed E-state index contributed by atoms with van der Waals surface area (Å²) in [6, 6.07) is 0. The fraction of sp³-hybridized carbons (Fsp3) is 0.592.